The van der Waals surface area contributed by atoms with Crippen LogP contribution in [0.5, 0.6) is 5.75 Å². The smallest absolute Gasteiger partial charge is 0.191 e. The van der Waals surface area contributed by atoms with Crippen molar-refractivity contribution in [2.45, 2.75) is 51.2 Å². The summed E-state index contributed by atoms with van der Waals surface area (Å²) in [6.45, 7) is 5.37. The van der Waals surface area contributed by atoms with Crippen LogP contribution in [0, 0.1) is 0 Å². The highest BCUT2D eigenvalue weighted by molar-refractivity contribution is 5.79. The molecule has 0 radical (unpaired) electrons. The first-order valence-corrected chi connectivity index (χ1v) is 9.60. The van der Waals surface area contributed by atoms with Crippen LogP contribution in [0.15, 0.2) is 29.3 Å². The number of rotatable bonds is 10. The van der Waals surface area contributed by atoms with Gasteiger partial charge in [0.25, 0.3) is 0 Å². The lowest BCUT2D eigenvalue weighted by molar-refractivity contribution is 0.0521. The molecule has 0 aromatic heterocycles. The number of benzene rings is 1. The van der Waals surface area contributed by atoms with Crippen molar-refractivity contribution >= 4 is 5.96 Å². The Morgan fingerprint density at radius 2 is 1.92 bits per heavy atom. The van der Waals surface area contributed by atoms with Gasteiger partial charge in [0, 0.05) is 26.3 Å². The van der Waals surface area contributed by atoms with Crippen LogP contribution in [0.1, 0.15) is 44.6 Å². The van der Waals surface area contributed by atoms with E-state index in [1.54, 1.807) is 7.11 Å². The van der Waals surface area contributed by atoms with Gasteiger partial charge >= 0.3 is 0 Å². The molecule has 146 valence electrons. The standard InChI is InChI=1S/C20H33N3O3/c1-3-26-14-6-13-21-19(23-16-20(24)11-4-5-12-20)22-15-17-7-9-18(25-2)10-8-17/h7-10,24H,3-6,11-16H2,1-2H3,(H2,21,22,23). The van der Waals surface area contributed by atoms with Crippen LogP contribution in [-0.4, -0.2) is 50.1 Å². The van der Waals surface area contributed by atoms with Crippen molar-refractivity contribution in [3.8, 4) is 5.75 Å². The number of ether oxygens (including phenoxy) is 2. The molecule has 1 fully saturated rings. The fraction of sp³-hybridized carbons (Fsp3) is 0.650. The van der Waals surface area contributed by atoms with Gasteiger partial charge in [-0.2, -0.15) is 0 Å². The summed E-state index contributed by atoms with van der Waals surface area (Å²) in [6, 6.07) is 7.91. The fourth-order valence-electron chi connectivity index (χ4n) is 3.06. The Balaban J connectivity index is 1.88. The second-order valence-electron chi connectivity index (χ2n) is 6.78. The van der Waals surface area contributed by atoms with E-state index >= 15 is 0 Å². The molecule has 0 heterocycles. The highest BCUT2D eigenvalue weighted by atomic mass is 16.5. The normalized spacial score (nSPS) is 16.5. The van der Waals surface area contributed by atoms with Crippen molar-refractivity contribution in [2.75, 3.05) is 33.4 Å². The van der Waals surface area contributed by atoms with Gasteiger partial charge in [-0.3, -0.25) is 0 Å². The molecule has 0 atom stereocenters. The first-order chi connectivity index (χ1) is 12.6. The maximum atomic E-state index is 10.5. The Bertz CT molecular complexity index is 540. The van der Waals surface area contributed by atoms with Crippen molar-refractivity contribution in [3.63, 3.8) is 0 Å². The Morgan fingerprint density at radius 1 is 1.19 bits per heavy atom. The highest BCUT2D eigenvalue weighted by Crippen LogP contribution is 2.28. The molecule has 0 amide bonds. The number of guanidine groups is 1. The largest absolute Gasteiger partial charge is 0.497 e. The second-order valence-corrected chi connectivity index (χ2v) is 6.78. The summed E-state index contributed by atoms with van der Waals surface area (Å²) >= 11 is 0. The number of methoxy groups -OCH3 is 1. The third kappa shape index (κ3) is 7.22. The molecule has 0 bridgehead atoms. The van der Waals surface area contributed by atoms with E-state index in [0.717, 1.165) is 69.1 Å². The van der Waals surface area contributed by atoms with Gasteiger partial charge < -0.3 is 25.2 Å². The molecule has 0 spiro atoms. The molecule has 6 nitrogen and oxygen atoms in total. The molecule has 1 aliphatic rings. The quantitative estimate of drug-likeness (QED) is 0.338. The molecular weight excluding hydrogens is 330 g/mol. The lowest BCUT2D eigenvalue weighted by Crippen LogP contribution is -2.46. The summed E-state index contributed by atoms with van der Waals surface area (Å²) in [7, 11) is 1.66. The van der Waals surface area contributed by atoms with Crippen molar-refractivity contribution in [1.82, 2.24) is 10.6 Å². The summed E-state index contributed by atoms with van der Waals surface area (Å²) in [5.41, 5.74) is 0.509. The number of hydrogen-bond donors (Lipinski definition) is 3. The molecule has 0 aliphatic heterocycles. The maximum Gasteiger partial charge on any atom is 0.191 e. The topological polar surface area (TPSA) is 75.1 Å². The summed E-state index contributed by atoms with van der Waals surface area (Å²) < 4.78 is 10.6. The molecule has 26 heavy (non-hydrogen) atoms. The third-order valence-corrected chi connectivity index (χ3v) is 4.66. The van der Waals surface area contributed by atoms with E-state index in [0.29, 0.717) is 13.1 Å². The highest BCUT2D eigenvalue weighted by Gasteiger charge is 2.30. The maximum absolute atomic E-state index is 10.5. The first kappa shape index (κ1) is 20.5. The minimum Gasteiger partial charge on any atom is -0.497 e. The molecule has 1 saturated carbocycles. The number of hydrogen-bond acceptors (Lipinski definition) is 4. The Labute approximate surface area is 157 Å². The average molecular weight is 364 g/mol. The minimum absolute atomic E-state index is 0.535. The van der Waals surface area contributed by atoms with Crippen molar-refractivity contribution < 1.29 is 14.6 Å². The average Bonchev–Trinajstić information content (AvgIpc) is 3.10. The molecule has 1 aliphatic carbocycles. The van der Waals surface area contributed by atoms with Crippen LogP contribution >= 0.6 is 0 Å². The van der Waals surface area contributed by atoms with Gasteiger partial charge in [0.2, 0.25) is 0 Å². The van der Waals surface area contributed by atoms with Crippen LogP contribution in [-0.2, 0) is 11.3 Å². The fourth-order valence-corrected chi connectivity index (χ4v) is 3.06. The molecule has 2 rings (SSSR count). The molecule has 1 aromatic rings. The molecule has 6 heteroatoms. The summed E-state index contributed by atoms with van der Waals surface area (Å²) in [5.74, 6) is 1.58. The van der Waals surface area contributed by atoms with Crippen LogP contribution in [0.25, 0.3) is 0 Å². The van der Waals surface area contributed by atoms with Crippen molar-refractivity contribution in [3.05, 3.63) is 29.8 Å². The van der Waals surface area contributed by atoms with Gasteiger partial charge in [-0.25, -0.2) is 4.99 Å². The van der Waals surface area contributed by atoms with Crippen molar-refractivity contribution in [1.29, 1.82) is 0 Å². The van der Waals surface area contributed by atoms with E-state index in [1.807, 2.05) is 31.2 Å². The van der Waals surface area contributed by atoms with E-state index < -0.39 is 5.60 Å². The molecule has 3 N–H and O–H groups in total. The number of nitrogens with one attached hydrogen (secondary N) is 2. The zero-order valence-corrected chi connectivity index (χ0v) is 16.1. The predicted octanol–water partition coefficient (Wildman–Crippen LogP) is 2.46. The Morgan fingerprint density at radius 3 is 2.58 bits per heavy atom. The van der Waals surface area contributed by atoms with E-state index in [9.17, 15) is 5.11 Å². The van der Waals surface area contributed by atoms with Gasteiger partial charge in [0.15, 0.2) is 5.96 Å². The number of aliphatic imine (C=N–C) groups is 1. The van der Waals surface area contributed by atoms with Crippen LogP contribution in [0.2, 0.25) is 0 Å². The van der Waals surface area contributed by atoms with Gasteiger partial charge in [0.1, 0.15) is 5.75 Å². The second kappa shape index (κ2) is 11.0. The van der Waals surface area contributed by atoms with E-state index in [-0.39, 0.29) is 0 Å². The zero-order chi connectivity index (χ0) is 18.7. The summed E-state index contributed by atoms with van der Waals surface area (Å²) in [6.07, 6.45) is 4.82. The Kier molecular flexibility index (Phi) is 8.71. The molecular formula is C20H33N3O3. The predicted molar refractivity (Wildman–Crippen MR) is 105 cm³/mol. The Hall–Kier alpha value is -1.79. The molecule has 0 unspecified atom stereocenters. The lowest BCUT2D eigenvalue weighted by atomic mass is 10.0. The van der Waals surface area contributed by atoms with Gasteiger partial charge in [-0.1, -0.05) is 25.0 Å². The van der Waals surface area contributed by atoms with E-state index in [2.05, 4.69) is 15.6 Å². The lowest BCUT2D eigenvalue weighted by Gasteiger charge is -2.24. The van der Waals surface area contributed by atoms with Gasteiger partial charge in [-0.05, 0) is 43.9 Å². The van der Waals surface area contributed by atoms with Gasteiger partial charge in [-0.15, -0.1) is 0 Å². The third-order valence-electron chi connectivity index (χ3n) is 4.66. The summed E-state index contributed by atoms with van der Waals surface area (Å²) in [4.78, 5) is 4.66. The molecule has 1 aromatic carbocycles. The van der Waals surface area contributed by atoms with Gasteiger partial charge in [0.05, 0.1) is 19.3 Å². The molecule has 0 saturated heterocycles. The number of nitrogens with zero attached hydrogens (tertiary/aromatic N) is 1. The van der Waals surface area contributed by atoms with E-state index in [1.165, 1.54) is 0 Å². The zero-order valence-electron chi connectivity index (χ0n) is 16.1. The first-order valence-electron chi connectivity index (χ1n) is 9.60. The number of aliphatic hydroxyl groups is 1. The van der Waals surface area contributed by atoms with Crippen LogP contribution < -0.4 is 15.4 Å². The minimum atomic E-state index is -0.603. The SMILES string of the molecule is CCOCCCNC(=NCc1ccc(OC)cc1)NCC1(O)CCCC1. The van der Waals surface area contributed by atoms with Crippen LogP contribution in [0.4, 0.5) is 0 Å². The van der Waals surface area contributed by atoms with E-state index in [4.69, 9.17) is 9.47 Å². The summed E-state index contributed by atoms with van der Waals surface area (Å²) in [5, 5.41) is 17.2. The van der Waals surface area contributed by atoms with Crippen molar-refractivity contribution in [2.24, 2.45) is 4.99 Å². The monoisotopic (exact) mass is 363 g/mol. The van der Waals surface area contributed by atoms with Crippen LogP contribution in [0.3, 0.4) is 0 Å².